The van der Waals surface area contributed by atoms with E-state index in [9.17, 15) is 4.79 Å². The van der Waals surface area contributed by atoms with Gasteiger partial charge >= 0.3 is 0 Å². The molecule has 0 atom stereocenters. The molecule has 124 valence electrons. The topological polar surface area (TPSA) is 63.1 Å². The number of aromatic amines is 1. The summed E-state index contributed by atoms with van der Waals surface area (Å²) in [5, 5.41) is 0. The second kappa shape index (κ2) is 6.58. The zero-order valence-electron chi connectivity index (χ0n) is 14.1. The largest absolute Gasteiger partial charge is 0.378 e. The van der Waals surface area contributed by atoms with Gasteiger partial charge in [-0.15, -0.1) is 0 Å². The summed E-state index contributed by atoms with van der Waals surface area (Å²) in [6.07, 6.45) is 4.58. The Kier molecular flexibility index (Phi) is 4.52. The second-order valence-corrected chi connectivity index (χ2v) is 6.18. The molecule has 0 saturated heterocycles. The number of nitrogens with one attached hydrogen (secondary N) is 1. The Balaban J connectivity index is 1.72. The Labute approximate surface area is 136 Å². The van der Waals surface area contributed by atoms with Crippen LogP contribution in [0.1, 0.15) is 46.2 Å². The van der Waals surface area contributed by atoms with E-state index in [-0.39, 0.29) is 5.91 Å². The van der Waals surface area contributed by atoms with E-state index in [2.05, 4.69) is 16.6 Å². The molecule has 0 saturated carbocycles. The van der Waals surface area contributed by atoms with Gasteiger partial charge in [-0.3, -0.25) is 4.79 Å². The van der Waals surface area contributed by atoms with Crippen molar-refractivity contribution < 1.29 is 9.53 Å². The number of aromatic nitrogens is 3. The minimum atomic E-state index is -0.0340. The Hall–Kier alpha value is -2.08. The molecule has 2 aromatic heterocycles. The first-order chi connectivity index (χ1) is 11.1. The zero-order chi connectivity index (χ0) is 16.4. The highest BCUT2D eigenvalue weighted by Gasteiger charge is 2.21. The SMILES string of the molecule is COCc1ccc(C(=O)N(C)Cc2nc3c(n2C)CCCC3)[nH]1. The molecule has 2 aromatic rings. The molecule has 0 aliphatic heterocycles. The number of carbonyl (C=O) groups excluding carboxylic acids is 1. The van der Waals surface area contributed by atoms with Crippen LogP contribution in [-0.4, -0.2) is 39.5 Å². The van der Waals surface area contributed by atoms with E-state index in [1.54, 1.807) is 18.1 Å². The Morgan fingerprint density at radius 1 is 1.39 bits per heavy atom. The maximum absolute atomic E-state index is 12.5. The summed E-state index contributed by atoms with van der Waals surface area (Å²) in [7, 11) is 5.50. The summed E-state index contributed by atoms with van der Waals surface area (Å²) < 4.78 is 7.23. The zero-order valence-corrected chi connectivity index (χ0v) is 14.1. The standard InChI is InChI=1S/C17H24N4O2/c1-20(17(22)14-9-8-12(18-14)11-23-3)10-16-19-13-6-4-5-7-15(13)21(16)2/h8-9,18H,4-7,10-11H2,1-3H3. The lowest BCUT2D eigenvalue weighted by Crippen LogP contribution is -2.28. The molecule has 0 spiro atoms. The number of hydrogen-bond donors (Lipinski definition) is 1. The maximum Gasteiger partial charge on any atom is 0.270 e. The van der Waals surface area contributed by atoms with Crippen LogP contribution in [0, 0.1) is 0 Å². The number of hydrogen-bond acceptors (Lipinski definition) is 3. The first-order valence-electron chi connectivity index (χ1n) is 8.05. The van der Waals surface area contributed by atoms with Crippen molar-refractivity contribution in [2.45, 2.75) is 38.8 Å². The second-order valence-electron chi connectivity index (χ2n) is 6.18. The van der Waals surface area contributed by atoms with Gasteiger partial charge in [0.2, 0.25) is 0 Å². The van der Waals surface area contributed by atoms with Crippen molar-refractivity contribution in [3.63, 3.8) is 0 Å². The van der Waals surface area contributed by atoms with Crippen LogP contribution in [0.3, 0.4) is 0 Å². The minimum absolute atomic E-state index is 0.0340. The van der Waals surface area contributed by atoms with Crippen LogP contribution in [0.2, 0.25) is 0 Å². The van der Waals surface area contributed by atoms with Crippen LogP contribution in [0.5, 0.6) is 0 Å². The lowest BCUT2D eigenvalue weighted by Gasteiger charge is -2.16. The molecule has 3 rings (SSSR count). The highest BCUT2D eigenvalue weighted by Crippen LogP contribution is 2.22. The molecule has 1 aliphatic carbocycles. The average Bonchev–Trinajstić information content (AvgIpc) is 3.13. The number of ether oxygens (including phenoxy) is 1. The van der Waals surface area contributed by atoms with Gasteiger partial charge in [-0.05, 0) is 37.8 Å². The fraction of sp³-hybridized carbons (Fsp3) is 0.529. The number of amides is 1. The summed E-state index contributed by atoms with van der Waals surface area (Å²) in [6.45, 7) is 0.990. The maximum atomic E-state index is 12.5. The number of fused-ring (bicyclic) bond motifs is 1. The van der Waals surface area contributed by atoms with E-state index in [1.165, 1.54) is 24.2 Å². The quantitative estimate of drug-likeness (QED) is 0.918. The number of nitrogens with zero attached hydrogens (tertiary/aromatic N) is 3. The van der Waals surface area contributed by atoms with Crippen LogP contribution < -0.4 is 0 Å². The van der Waals surface area contributed by atoms with Crippen molar-refractivity contribution in [1.29, 1.82) is 0 Å². The smallest absolute Gasteiger partial charge is 0.270 e. The molecule has 6 nitrogen and oxygen atoms in total. The molecule has 0 aromatic carbocycles. The predicted octanol–water partition coefficient (Wildman–Crippen LogP) is 2.05. The molecular formula is C17H24N4O2. The van der Waals surface area contributed by atoms with Gasteiger partial charge in [0.1, 0.15) is 11.5 Å². The average molecular weight is 316 g/mol. The number of rotatable bonds is 5. The van der Waals surface area contributed by atoms with Crippen LogP contribution in [-0.2, 0) is 37.8 Å². The van der Waals surface area contributed by atoms with Crippen molar-refractivity contribution in [3.8, 4) is 0 Å². The van der Waals surface area contributed by atoms with Crippen LogP contribution >= 0.6 is 0 Å². The summed E-state index contributed by atoms with van der Waals surface area (Å²) in [5.74, 6) is 0.921. The highest BCUT2D eigenvalue weighted by molar-refractivity contribution is 5.92. The molecule has 0 fully saturated rings. The molecule has 1 aliphatic rings. The third kappa shape index (κ3) is 3.17. The number of H-pyrrole nitrogens is 1. The summed E-state index contributed by atoms with van der Waals surface area (Å²) in [5.41, 5.74) is 4.02. The van der Waals surface area contributed by atoms with Gasteiger partial charge in [0.05, 0.1) is 18.8 Å². The number of imidazole rings is 1. The molecule has 2 heterocycles. The third-order valence-electron chi connectivity index (χ3n) is 4.47. The van der Waals surface area contributed by atoms with Gasteiger partial charge < -0.3 is 19.2 Å². The Bertz CT molecular complexity index is 702. The van der Waals surface area contributed by atoms with E-state index in [4.69, 9.17) is 9.72 Å². The normalized spacial score (nSPS) is 13.9. The predicted molar refractivity (Wildman–Crippen MR) is 87.2 cm³/mol. The molecule has 6 heteroatoms. The van der Waals surface area contributed by atoms with E-state index in [0.29, 0.717) is 18.8 Å². The van der Waals surface area contributed by atoms with Gasteiger partial charge in [-0.25, -0.2) is 4.98 Å². The summed E-state index contributed by atoms with van der Waals surface area (Å²) >= 11 is 0. The van der Waals surface area contributed by atoms with E-state index in [0.717, 1.165) is 24.4 Å². The number of methoxy groups -OCH3 is 1. The van der Waals surface area contributed by atoms with E-state index in [1.807, 2.05) is 13.1 Å². The first-order valence-corrected chi connectivity index (χ1v) is 8.05. The number of carbonyl (C=O) groups is 1. The van der Waals surface area contributed by atoms with Gasteiger partial charge in [0, 0.05) is 32.6 Å². The highest BCUT2D eigenvalue weighted by atomic mass is 16.5. The van der Waals surface area contributed by atoms with Crippen molar-refractivity contribution in [1.82, 2.24) is 19.4 Å². The molecule has 1 amide bonds. The van der Waals surface area contributed by atoms with Gasteiger partial charge in [-0.1, -0.05) is 0 Å². The Morgan fingerprint density at radius 3 is 2.91 bits per heavy atom. The summed E-state index contributed by atoms with van der Waals surface area (Å²) in [6, 6.07) is 3.68. The van der Waals surface area contributed by atoms with Crippen molar-refractivity contribution >= 4 is 5.91 Å². The Morgan fingerprint density at radius 2 is 2.17 bits per heavy atom. The van der Waals surface area contributed by atoms with Crippen LogP contribution in [0.25, 0.3) is 0 Å². The summed E-state index contributed by atoms with van der Waals surface area (Å²) in [4.78, 5) is 22.1. The lowest BCUT2D eigenvalue weighted by atomic mass is 10.0. The number of aryl methyl sites for hydroxylation is 1. The molecule has 1 N–H and O–H groups in total. The van der Waals surface area contributed by atoms with Gasteiger partial charge in [0.15, 0.2) is 0 Å². The third-order valence-corrected chi connectivity index (χ3v) is 4.47. The fourth-order valence-electron chi connectivity index (χ4n) is 3.18. The van der Waals surface area contributed by atoms with Gasteiger partial charge in [-0.2, -0.15) is 0 Å². The van der Waals surface area contributed by atoms with Crippen molar-refractivity contribution in [2.24, 2.45) is 7.05 Å². The van der Waals surface area contributed by atoms with Crippen LogP contribution in [0.15, 0.2) is 12.1 Å². The van der Waals surface area contributed by atoms with Crippen LogP contribution in [0.4, 0.5) is 0 Å². The minimum Gasteiger partial charge on any atom is -0.378 e. The molecule has 0 radical (unpaired) electrons. The van der Waals surface area contributed by atoms with Crippen molar-refractivity contribution in [3.05, 3.63) is 40.7 Å². The lowest BCUT2D eigenvalue weighted by molar-refractivity contribution is 0.0774. The van der Waals surface area contributed by atoms with Crippen molar-refractivity contribution in [2.75, 3.05) is 14.2 Å². The first kappa shape index (κ1) is 15.8. The molecular weight excluding hydrogens is 292 g/mol. The van der Waals surface area contributed by atoms with Gasteiger partial charge in [0.25, 0.3) is 5.91 Å². The monoisotopic (exact) mass is 316 g/mol. The molecule has 0 unspecified atom stereocenters. The molecule has 23 heavy (non-hydrogen) atoms. The fourth-order valence-corrected chi connectivity index (χ4v) is 3.18. The van der Waals surface area contributed by atoms with E-state index < -0.39 is 0 Å². The molecule has 0 bridgehead atoms. The van der Waals surface area contributed by atoms with E-state index >= 15 is 0 Å².